The van der Waals surface area contributed by atoms with E-state index in [1.807, 2.05) is 0 Å². The number of H-pyrrole nitrogens is 1. The van der Waals surface area contributed by atoms with Gasteiger partial charge in [0.1, 0.15) is 0 Å². The first-order valence-corrected chi connectivity index (χ1v) is 6.53. The Labute approximate surface area is 113 Å². The largest absolute Gasteiger partial charge is 0.328 e. The van der Waals surface area contributed by atoms with Crippen LogP contribution in [0.2, 0.25) is 5.02 Å². The zero-order valence-electron chi connectivity index (χ0n) is 9.58. The van der Waals surface area contributed by atoms with Crippen LogP contribution < -0.4 is 11.2 Å². The maximum absolute atomic E-state index is 11.8. The average molecular weight is 287 g/mol. The molecule has 0 fully saturated rings. The first kappa shape index (κ1) is 13.2. The van der Waals surface area contributed by atoms with E-state index >= 15 is 0 Å². The third-order valence-electron chi connectivity index (χ3n) is 2.73. The van der Waals surface area contributed by atoms with Gasteiger partial charge in [-0.2, -0.15) is 0 Å². The Morgan fingerprint density at radius 3 is 2.72 bits per heavy atom. The van der Waals surface area contributed by atoms with Crippen LogP contribution in [0.1, 0.15) is 12.8 Å². The minimum absolute atomic E-state index is 0.389. The van der Waals surface area contributed by atoms with Gasteiger partial charge < -0.3 is 0 Å². The van der Waals surface area contributed by atoms with Crippen molar-refractivity contribution in [2.75, 3.05) is 5.88 Å². The number of nitrogens with one attached hydrogen (secondary N) is 1. The number of halogens is 2. The highest BCUT2D eigenvalue weighted by molar-refractivity contribution is 6.31. The van der Waals surface area contributed by atoms with Crippen molar-refractivity contribution in [1.82, 2.24) is 9.55 Å². The topological polar surface area (TPSA) is 54.9 Å². The molecule has 2 rings (SSSR count). The molecule has 6 heteroatoms. The summed E-state index contributed by atoms with van der Waals surface area (Å²) in [6.07, 6.45) is 1.59. The Hall–Kier alpha value is -1.26. The molecule has 0 saturated heterocycles. The number of alkyl halides is 1. The van der Waals surface area contributed by atoms with Gasteiger partial charge in [-0.05, 0) is 31.0 Å². The zero-order chi connectivity index (χ0) is 13.1. The van der Waals surface area contributed by atoms with Gasteiger partial charge >= 0.3 is 5.69 Å². The predicted octanol–water partition coefficient (Wildman–Crippen LogP) is 2.36. The number of fused-ring (bicyclic) bond motifs is 1. The van der Waals surface area contributed by atoms with E-state index in [4.69, 9.17) is 23.2 Å². The number of unbranched alkanes of at least 4 members (excludes halogenated alkanes) is 1. The van der Waals surface area contributed by atoms with E-state index in [0.29, 0.717) is 28.4 Å². The molecular formula is C12H12Cl2N2O2. The van der Waals surface area contributed by atoms with Crippen molar-refractivity contribution in [2.24, 2.45) is 0 Å². The molecule has 0 amide bonds. The summed E-state index contributed by atoms with van der Waals surface area (Å²) in [6.45, 7) is 0.513. The fraction of sp³-hybridized carbons (Fsp3) is 0.333. The van der Waals surface area contributed by atoms with E-state index in [9.17, 15) is 9.59 Å². The smallest absolute Gasteiger partial charge is 0.293 e. The summed E-state index contributed by atoms with van der Waals surface area (Å²) >= 11 is 11.5. The van der Waals surface area contributed by atoms with E-state index in [2.05, 4.69) is 4.98 Å². The maximum atomic E-state index is 11.8. The molecule has 1 aromatic heterocycles. The van der Waals surface area contributed by atoms with E-state index in [-0.39, 0.29) is 5.56 Å². The lowest BCUT2D eigenvalue weighted by atomic mass is 10.2. The molecule has 0 aliphatic rings. The Morgan fingerprint density at radius 1 is 1.22 bits per heavy atom. The molecule has 4 nitrogen and oxygen atoms in total. The first-order valence-electron chi connectivity index (χ1n) is 5.62. The van der Waals surface area contributed by atoms with E-state index in [1.165, 1.54) is 4.57 Å². The second-order valence-corrected chi connectivity index (χ2v) is 4.78. The van der Waals surface area contributed by atoms with Crippen molar-refractivity contribution < 1.29 is 0 Å². The Bertz CT molecular complexity index is 676. The zero-order valence-corrected chi connectivity index (χ0v) is 11.1. The van der Waals surface area contributed by atoms with Gasteiger partial charge in [-0.15, -0.1) is 11.6 Å². The van der Waals surface area contributed by atoms with E-state index in [1.54, 1.807) is 18.2 Å². The van der Waals surface area contributed by atoms with Gasteiger partial charge in [0, 0.05) is 17.4 Å². The molecule has 2 aromatic rings. The van der Waals surface area contributed by atoms with Crippen LogP contribution in [0.3, 0.4) is 0 Å². The number of nitrogens with zero attached hydrogens (tertiary/aromatic N) is 1. The van der Waals surface area contributed by atoms with Crippen molar-refractivity contribution >= 4 is 34.1 Å². The predicted molar refractivity (Wildman–Crippen MR) is 73.8 cm³/mol. The van der Waals surface area contributed by atoms with Crippen LogP contribution in [0, 0.1) is 0 Å². The molecule has 0 bridgehead atoms. The summed E-state index contributed by atoms with van der Waals surface area (Å²) in [4.78, 5) is 25.8. The molecule has 0 radical (unpaired) electrons. The number of aromatic amines is 1. The number of hydrogen-bond donors (Lipinski definition) is 1. The Morgan fingerprint density at radius 2 is 2.00 bits per heavy atom. The summed E-state index contributed by atoms with van der Waals surface area (Å²) < 4.78 is 1.52. The highest BCUT2D eigenvalue weighted by Gasteiger charge is 2.07. The monoisotopic (exact) mass is 286 g/mol. The second kappa shape index (κ2) is 5.59. The molecule has 96 valence electrons. The van der Waals surface area contributed by atoms with E-state index in [0.717, 1.165) is 12.8 Å². The molecule has 18 heavy (non-hydrogen) atoms. The molecule has 0 aliphatic carbocycles. The van der Waals surface area contributed by atoms with Crippen molar-refractivity contribution in [3.63, 3.8) is 0 Å². The van der Waals surface area contributed by atoms with Crippen molar-refractivity contribution in [1.29, 1.82) is 0 Å². The normalized spacial score (nSPS) is 11.0. The number of aryl methyl sites for hydroxylation is 1. The van der Waals surface area contributed by atoms with Crippen molar-refractivity contribution in [3.05, 3.63) is 44.1 Å². The minimum Gasteiger partial charge on any atom is -0.293 e. The second-order valence-electron chi connectivity index (χ2n) is 3.97. The number of benzene rings is 1. The summed E-state index contributed by atoms with van der Waals surface area (Å²) in [5, 5.41) is 0.962. The van der Waals surface area contributed by atoms with Gasteiger partial charge in [0.15, 0.2) is 0 Å². The fourth-order valence-corrected chi connectivity index (χ4v) is 2.20. The van der Waals surface area contributed by atoms with Crippen LogP contribution >= 0.6 is 23.2 Å². The number of aromatic nitrogens is 2. The maximum Gasteiger partial charge on any atom is 0.328 e. The van der Waals surface area contributed by atoms with E-state index < -0.39 is 5.69 Å². The number of hydrogen-bond acceptors (Lipinski definition) is 2. The third-order valence-corrected chi connectivity index (χ3v) is 3.23. The molecule has 1 N–H and O–H groups in total. The lowest BCUT2D eigenvalue weighted by Gasteiger charge is -2.09. The van der Waals surface area contributed by atoms with Gasteiger partial charge in [0.2, 0.25) is 0 Å². The quantitative estimate of drug-likeness (QED) is 0.693. The Kier molecular flexibility index (Phi) is 4.09. The summed E-state index contributed by atoms with van der Waals surface area (Å²) in [7, 11) is 0. The highest BCUT2D eigenvalue weighted by Crippen LogP contribution is 2.15. The SMILES string of the molecule is O=c1[nH]c(=O)n(CCCCCl)c2cc(Cl)ccc12. The Balaban J connectivity index is 2.59. The molecule has 0 saturated carbocycles. The first-order chi connectivity index (χ1) is 8.63. The molecular weight excluding hydrogens is 275 g/mol. The van der Waals surface area contributed by atoms with Crippen LogP contribution in [0.4, 0.5) is 0 Å². The molecule has 0 unspecified atom stereocenters. The lowest BCUT2D eigenvalue weighted by molar-refractivity contribution is 0.619. The molecule has 0 aliphatic heterocycles. The van der Waals surface area contributed by atoms with Crippen LogP contribution in [0.5, 0.6) is 0 Å². The van der Waals surface area contributed by atoms with Gasteiger partial charge in [-0.3, -0.25) is 14.3 Å². The van der Waals surface area contributed by atoms with Crippen LogP contribution in [0.15, 0.2) is 27.8 Å². The van der Waals surface area contributed by atoms with Crippen LogP contribution in [-0.2, 0) is 6.54 Å². The molecule has 0 atom stereocenters. The average Bonchev–Trinajstić information content (AvgIpc) is 2.33. The fourth-order valence-electron chi connectivity index (χ4n) is 1.85. The lowest BCUT2D eigenvalue weighted by Crippen LogP contribution is -2.30. The van der Waals surface area contributed by atoms with Crippen LogP contribution in [-0.4, -0.2) is 15.4 Å². The number of rotatable bonds is 4. The third kappa shape index (κ3) is 2.60. The van der Waals surface area contributed by atoms with Crippen molar-refractivity contribution in [2.45, 2.75) is 19.4 Å². The molecule has 0 spiro atoms. The van der Waals surface area contributed by atoms with Crippen LogP contribution in [0.25, 0.3) is 10.9 Å². The molecule has 1 aromatic carbocycles. The van der Waals surface area contributed by atoms with Gasteiger partial charge in [-0.1, -0.05) is 11.6 Å². The minimum atomic E-state index is -0.413. The molecule has 1 heterocycles. The summed E-state index contributed by atoms with van der Waals surface area (Å²) in [5.41, 5.74) is -0.240. The van der Waals surface area contributed by atoms with Gasteiger partial charge in [-0.25, -0.2) is 4.79 Å². The van der Waals surface area contributed by atoms with Gasteiger partial charge in [0.25, 0.3) is 5.56 Å². The van der Waals surface area contributed by atoms with Gasteiger partial charge in [0.05, 0.1) is 10.9 Å². The standard InChI is InChI=1S/C12H12Cl2N2O2/c13-5-1-2-6-16-10-7-8(14)3-4-9(10)11(17)15-12(16)18/h3-4,7H,1-2,5-6H2,(H,15,17,18). The van der Waals surface area contributed by atoms with Crippen molar-refractivity contribution in [3.8, 4) is 0 Å². The summed E-state index contributed by atoms with van der Waals surface area (Å²) in [6, 6.07) is 4.88. The summed E-state index contributed by atoms with van der Waals surface area (Å²) in [5.74, 6) is 0.552. The highest BCUT2D eigenvalue weighted by atomic mass is 35.5.